The molecular formula is C13H30N2. The first-order chi connectivity index (χ1) is 6.47. The zero-order valence-electron chi connectivity index (χ0n) is 11.9. The van der Waals surface area contributed by atoms with Gasteiger partial charge in [-0.15, -0.1) is 0 Å². The standard InChI is InChI=1S/C13H30N2/c1-9-12(5,6)15-13(7,8)14-10-11(2,3)4/h14-15H,9-10H2,1-8H3. The predicted octanol–water partition coefficient (Wildman–Crippen LogP) is 3.14. The molecule has 0 atom stereocenters. The zero-order chi connectivity index (χ0) is 12.3. The number of rotatable bonds is 5. The van der Waals surface area contributed by atoms with Gasteiger partial charge in [0.2, 0.25) is 0 Å². The molecule has 0 bridgehead atoms. The molecule has 0 aromatic rings. The van der Waals surface area contributed by atoms with Crippen LogP contribution in [-0.2, 0) is 0 Å². The summed E-state index contributed by atoms with van der Waals surface area (Å²) in [6, 6.07) is 0. The second kappa shape index (κ2) is 4.84. The molecule has 2 nitrogen and oxygen atoms in total. The molecule has 0 saturated heterocycles. The topological polar surface area (TPSA) is 24.1 Å². The molecule has 0 unspecified atom stereocenters. The van der Waals surface area contributed by atoms with Crippen LogP contribution >= 0.6 is 0 Å². The Morgan fingerprint density at radius 2 is 1.33 bits per heavy atom. The molecule has 0 aliphatic rings. The van der Waals surface area contributed by atoms with E-state index in [1.54, 1.807) is 0 Å². The van der Waals surface area contributed by atoms with Crippen molar-refractivity contribution in [3.05, 3.63) is 0 Å². The summed E-state index contributed by atoms with van der Waals surface area (Å²) < 4.78 is 0. The van der Waals surface area contributed by atoms with Crippen molar-refractivity contribution in [2.24, 2.45) is 5.41 Å². The molecule has 0 radical (unpaired) electrons. The first kappa shape index (κ1) is 14.9. The smallest absolute Gasteiger partial charge is 0.0633 e. The molecule has 2 N–H and O–H groups in total. The average molecular weight is 214 g/mol. The van der Waals surface area contributed by atoms with E-state index in [4.69, 9.17) is 0 Å². The van der Waals surface area contributed by atoms with Gasteiger partial charge < -0.3 is 0 Å². The highest BCUT2D eigenvalue weighted by atomic mass is 15.2. The Morgan fingerprint density at radius 1 is 0.867 bits per heavy atom. The highest BCUT2D eigenvalue weighted by Crippen LogP contribution is 2.15. The minimum atomic E-state index is -0.00715. The lowest BCUT2D eigenvalue weighted by Crippen LogP contribution is -2.60. The molecule has 0 saturated carbocycles. The Hall–Kier alpha value is -0.0800. The molecule has 0 aromatic heterocycles. The summed E-state index contributed by atoms with van der Waals surface area (Å²) in [6.07, 6.45) is 1.13. The van der Waals surface area contributed by atoms with Gasteiger partial charge in [0.15, 0.2) is 0 Å². The van der Waals surface area contributed by atoms with Crippen LogP contribution in [0.15, 0.2) is 0 Å². The molecule has 0 spiro atoms. The third-order valence-corrected chi connectivity index (χ3v) is 2.60. The number of hydrogen-bond acceptors (Lipinski definition) is 2. The summed E-state index contributed by atoms with van der Waals surface area (Å²) in [5, 5.41) is 7.22. The van der Waals surface area contributed by atoms with E-state index < -0.39 is 0 Å². The Labute approximate surface area is 96.2 Å². The van der Waals surface area contributed by atoms with Crippen LogP contribution in [-0.4, -0.2) is 17.7 Å². The van der Waals surface area contributed by atoms with Crippen molar-refractivity contribution in [3.63, 3.8) is 0 Å². The van der Waals surface area contributed by atoms with Gasteiger partial charge in [0.25, 0.3) is 0 Å². The maximum absolute atomic E-state index is 3.64. The summed E-state index contributed by atoms with van der Waals surface area (Å²) in [5.41, 5.74) is 0.510. The van der Waals surface area contributed by atoms with Crippen molar-refractivity contribution in [2.45, 2.75) is 73.0 Å². The largest absolute Gasteiger partial charge is 0.299 e. The molecule has 0 fully saturated rings. The van der Waals surface area contributed by atoms with Gasteiger partial charge in [0.05, 0.1) is 5.66 Å². The van der Waals surface area contributed by atoms with Crippen LogP contribution in [0.25, 0.3) is 0 Å². The van der Waals surface area contributed by atoms with Crippen LogP contribution in [0, 0.1) is 5.41 Å². The Morgan fingerprint density at radius 3 is 1.67 bits per heavy atom. The molecular weight excluding hydrogens is 184 g/mol. The van der Waals surface area contributed by atoms with Crippen LogP contribution < -0.4 is 10.6 Å². The Balaban J connectivity index is 4.19. The van der Waals surface area contributed by atoms with Gasteiger partial charge in [0, 0.05) is 12.1 Å². The van der Waals surface area contributed by atoms with E-state index in [9.17, 15) is 0 Å². The van der Waals surface area contributed by atoms with Crippen molar-refractivity contribution in [3.8, 4) is 0 Å². The van der Waals surface area contributed by atoms with Crippen LogP contribution in [0.3, 0.4) is 0 Å². The molecule has 0 amide bonds. The van der Waals surface area contributed by atoms with Crippen molar-refractivity contribution >= 4 is 0 Å². The van der Waals surface area contributed by atoms with E-state index in [2.05, 4.69) is 66.0 Å². The highest BCUT2D eigenvalue weighted by Gasteiger charge is 2.26. The normalized spacial score (nSPS) is 14.4. The monoisotopic (exact) mass is 214 g/mol. The van der Waals surface area contributed by atoms with Crippen molar-refractivity contribution < 1.29 is 0 Å². The zero-order valence-corrected chi connectivity index (χ0v) is 11.9. The fourth-order valence-corrected chi connectivity index (χ4v) is 1.46. The van der Waals surface area contributed by atoms with E-state index in [1.807, 2.05) is 0 Å². The first-order valence-electron chi connectivity index (χ1n) is 6.02. The van der Waals surface area contributed by atoms with Crippen LogP contribution in [0.4, 0.5) is 0 Å². The van der Waals surface area contributed by atoms with Crippen LogP contribution in [0.5, 0.6) is 0 Å². The van der Waals surface area contributed by atoms with E-state index >= 15 is 0 Å². The van der Waals surface area contributed by atoms with Gasteiger partial charge in [0.1, 0.15) is 0 Å². The molecule has 0 rings (SSSR count). The minimum Gasteiger partial charge on any atom is -0.299 e. The second-order valence-corrected chi connectivity index (χ2v) is 6.90. The lowest BCUT2D eigenvalue weighted by molar-refractivity contribution is 0.195. The van der Waals surface area contributed by atoms with Gasteiger partial charge in [-0.2, -0.15) is 0 Å². The molecule has 0 aliphatic carbocycles. The van der Waals surface area contributed by atoms with Gasteiger partial charge in [-0.1, -0.05) is 27.7 Å². The van der Waals surface area contributed by atoms with E-state index in [-0.39, 0.29) is 11.2 Å². The first-order valence-corrected chi connectivity index (χ1v) is 6.02. The van der Waals surface area contributed by atoms with Gasteiger partial charge in [-0.05, 0) is 39.5 Å². The summed E-state index contributed by atoms with van der Waals surface area (Å²) in [5.74, 6) is 0. The average Bonchev–Trinajstić information content (AvgIpc) is 1.98. The fourth-order valence-electron chi connectivity index (χ4n) is 1.46. The second-order valence-electron chi connectivity index (χ2n) is 6.90. The van der Waals surface area contributed by atoms with Gasteiger partial charge in [-0.25, -0.2) is 0 Å². The Kier molecular flexibility index (Phi) is 4.81. The molecule has 0 heterocycles. The summed E-state index contributed by atoms with van der Waals surface area (Å²) in [4.78, 5) is 0. The maximum Gasteiger partial charge on any atom is 0.0633 e. The van der Waals surface area contributed by atoms with Gasteiger partial charge in [-0.3, -0.25) is 10.6 Å². The summed E-state index contributed by atoms with van der Waals surface area (Å²) in [7, 11) is 0. The molecule has 0 aromatic carbocycles. The van der Waals surface area contributed by atoms with Crippen LogP contribution in [0.1, 0.15) is 61.8 Å². The van der Waals surface area contributed by atoms with E-state index in [0.29, 0.717) is 5.41 Å². The van der Waals surface area contributed by atoms with Crippen molar-refractivity contribution in [1.29, 1.82) is 0 Å². The van der Waals surface area contributed by atoms with Gasteiger partial charge >= 0.3 is 0 Å². The van der Waals surface area contributed by atoms with E-state index in [1.165, 1.54) is 0 Å². The highest BCUT2D eigenvalue weighted by molar-refractivity contribution is 4.86. The SMILES string of the molecule is CCC(C)(C)NC(C)(C)NCC(C)(C)C. The predicted molar refractivity (Wildman–Crippen MR) is 69.0 cm³/mol. The lowest BCUT2D eigenvalue weighted by Gasteiger charge is -2.39. The third-order valence-electron chi connectivity index (χ3n) is 2.60. The molecule has 15 heavy (non-hydrogen) atoms. The summed E-state index contributed by atoms with van der Waals surface area (Å²) >= 11 is 0. The quantitative estimate of drug-likeness (QED) is 0.687. The molecule has 0 aliphatic heterocycles. The fraction of sp³-hybridized carbons (Fsp3) is 1.00. The number of nitrogens with one attached hydrogen (secondary N) is 2. The summed E-state index contributed by atoms with van der Waals surface area (Å²) in [6.45, 7) is 18.9. The van der Waals surface area contributed by atoms with Crippen molar-refractivity contribution in [2.75, 3.05) is 6.54 Å². The maximum atomic E-state index is 3.64. The van der Waals surface area contributed by atoms with E-state index in [0.717, 1.165) is 13.0 Å². The third kappa shape index (κ3) is 7.80. The molecule has 2 heteroatoms. The Bertz CT molecular complexity index is 187. The lowest BCUT2D eigenvalue weighted by atomic mass is 9.95. The molecule has 92 valence electrons. The minimum absolute atomic E-state index is 0.00715. The van der Waals surface area contributed by atoms with Crippen LogP contribution in [0.2, 0.25) is 0 Å². The number of hydrogen-bond donors (Lipinski definition) is 2. The van der Waals surface area contributed by atoms with Crippen molar-refractivity contribution in [1.82, 2.24) is 10.6 Å².